The summed E-state index contributed by atoms with van der Waals surface area (Å²) in [6, 6.07) is 16.2. The molecule has 0 aliphatic carbocycles. The number of carbonyl (C=O) groups excluding carboxylic acids is 1. The highest BCUT2D eigenvalue weighted by molar-refractivity contribution is 8.00. The van der Waals surface area contributed by atoms with Gasteiger partial charge in [0.25, 0.3) is 0 Å². The fourth-order valence-electron chi connectivity index (χ4n) is 3.00. The van der Waals surface area contributed by atoms with Crippen LogP contribution in [0.4, 0.5) is 5.95 Å². The van der Waals surface area contributed by atoms with Crippen molar-refractivity contribution in [2.45, 2.75) is 36.7 Å². The number of aromatic nitrogens is 5. The summed E-state index contributed by atoms with van der Waals surface area (Å²) in [5.74, 6) is 1.03. The van der Waals surface area contributed by atoms with Crippen LogP contribution in [0.25, 0.3) is 0 Å². The highest BCUT2D eigenvalue weighted by Crippen LogP contribution is 2.25. The van der Waals surface area contributed by atoms with Gasteiger partial charge in [-0.2, -0.15) is 0 Å². The average molecular weight is 451 g/mol. The van der Waals surface area contributed by atoms with E-state index < -0.39 is 0 Å². The average Bonchev–Trinajstić information content (AvgIpc) is 3.44. The van der Waals surface area contributed by atoms with Gasteiger partial charge in [-0.15, -0.1) is 21.5 Å². The second-order valence-electron chi connectivity index (χ2n) is 6.86. The van der Waals surface area contributed by atoms with E-state index in [1.54, 1.807) is 29.8 Å². The Morgan fingerprint density at radius 2 is 1.90 bits per heavy atom. The lowest BCUT2D eigenvalue weighted by Gasteiger charge is -2.13. The first-order chi connectivity index (χ1) is 15.2. The Balaban J connectivity index is 1.50. The van der Waals surface area contributed by atoms with Gasteiger partial charge < -0.3 is 4.57 Å². The molecule has 0 aliphatic rings. The van der Waals surface area contributed by atoms with E-state index in [0.717, 1.165) is 30.4 Å². The summed E-state index contributed by atoms with van der Waals surface area (Å²) in [4.78, 5) is 21.9. The van der Waals surface area contributed by atoms with E-state index in [1.165, 1.54) is 22.2 Å². The number of anilines is 1. The second-order valence-corrected chi connectivity index (χ2v) is 9.20. The number of aryl methyl sites for hydroxylation is 1. The van der Waals surface area contributed by atoms with Gasteiger partial charge in [0.15, 0.2) is 5.16 Å². The van der Waals surface area contributed by atoms with Crippen LogP contribution in [0.15, 0.2) is 71.5 Å². The van der Waals surface area contributed by atoms with E-state index in [4.69, 9.17) is 0 Å². The van der Waals surface area contributed by atoms with Crippen molar-refractivity contribution in [3.05, 3.63) is 82.6 Å². The topological polar surface area (TPSA) is 85.6 Å². The fraction of sp³-hybridized carbons (Fsp3) is 0.227. The van der Waals surface area contributed by atoms with Gasteiger partial charge >= 0.3 is 0 Å². The first-order valence-electron chi connectivity index (χ1n) is 9.92. The molecule has 3 aromatic heterocycles. The molecule has 0 aliphatic heterocycles. The lowest BCUT2D eigenvalue weighted by atomic mass is 10.1. The van der Waals surface area contributed by atoms with Crippen LogP contribution < -0.4 is 5.32 Å². The lowest BCUT2D eigenvalue weighted by Crippen LogP contribution is -2.24. The summed E-state index contributed by atoms with van der Waals surface area (Å²) < 4.78 is 2.13. The molecule has 3 heterocycles. The summed E-state index contributed by atoms with van der Waals surface area (Å²) in [6.07, 6.45) is 4.77. The van der Waals surface area contributed by atoms with Crippen LogP contribution in [-0.2, 0) is 24.2 Å². The smallest absolute Gasteiger partial charge is 0.240 e. The van der Waals surface area contributed by atoms with Crippen LogP contribution in [0.3, 0.4) is 0 Å². The summed E-state index contributed by atoms with van der Waals surface area (Å²) in [5, 5.41) is 14.0. The van der Waals surface area contributed by atoms with E-state index in [1.807, 2.05) is 31.2 Å². The summed E-state index contributed by atoms with van der Waals surface area (Å²) in [7, 11) is 0. The summed E-state index contributed by atoms with van der Waals surface area (Å²) in [6.45, 7) is 2.59. The Hall–Kier alpha value is -3.04. The van der Waals surface area contributed by atoms with Gasteiger partial charge in [0.05, 0.1) is 5.25 Å². The maximum atomic E-state index is 12.6. The minimum Gasteiger partial charge on any atom is -0.305 e. The quantitative estimate of drug-likeness (QED) is 0.387. The minimum absolute atomic E-state index is 0.173. The predicted octanol–water partition coefficient (Wildman–Crippen LogP) is 4.08. The van der Waals surface area contributed by atoms with Gasteiger partial charge in [-0.1, -0.05) is 48.2 Å². The molecule has 0 bridgehead atoms. The molecule has 1 atom stereocenters. The van der Waals surface area contributed by atoms with Gasteiger partial charge in [-0.05, 0) is 36.4 Å². The van der Waals surface area contributed by atoms with Crippen molar-refractivity contribution in [3.63, 3.8) is 0 Å². The molecule has 4 rings (SSSR count). The van der Waals surface area contributed by atoms with Crippen molar-refractivity contribution in [3.8, 4) is 0 Å². The third-order valence-electron chi connectivity index (χ3n) is 4.62. The van der Waals surface area contributed by atoms with Gasteiger partial charge in [0.2, 0.25) is 11.9 Å². The number of hydrogen-bond acceptors (Lipinski definition) is 7. The number of hydrogen-bond donors (Lipinski definition) is 1. The number of carbonyl (C=O) groups is 1. The zero-order chi connectivity index (χ0) is 21.5. The Bertz CT molecular complexity index is 1100. The summed E-state index contributed by atoms with van der Waals surface area (Å²) >= 11 is 3.10. The van der Waals surface area contributed by atoms with Crippen LogP contribution in [0.2, 0.25) is 0 Å². The van der Waals surface area contributed by atoms with Gasteiger partial charge in [0, 0.05) is 30.2 Å². The second kappa shape index (κ2) is 10.3. The Kier molecular flexibility index (Phi) is 7.06. The fourth-order valence-corrected chi connectivity index (χ4v) is 4.60. The molecule has 1 unspecified atom stereocenters. The number of rotatable bonds is 9. The number of nitrogens with one attached hydrogen (secondary N) is 1. The van der Waals surface area contributed by atoms with E-state index in [0.29, 0.717) is 5.95 Å². The van der Waals surface area contributed by atoms with Crippen molar-refractivity contribution in [1.82, 2.24) is 24.7 Å². The number of amides is 1. The highest BCUT2D eigenvalue weighted by Gasteiger charge is 2.21. The van der Waals surface area contributed by atoms with E-state index >= 15 is 0 Å². The molecule has 1 N–H and O–H groups in total. The normalized spacial score (nSPS) is 11.9. The molecule has 1 aromatic carbocycles. The molecule has 0 radical (unpaired) electrons. The van der Waals surface area contributed by atoms with Crippen LogP contribution in [-0.4, -0.2) is 35.9 Å². The van der Waals surface area contributed by atoms with Crippen molar-refractivity contribution < 1.29 is 4.79 Å². The van der Waals surface area contributed by atoms with Crippen LogP contribution in [0.5, 0.6) is 0 Å². The maximum Gasteiger partial charge on any atom is 0.240 e. The van der Waals surface area contributed by atoms with Crippen molar-refractivity contribution in [2.24, 2.45) is 0 Å². The molecule has 0 fully saturated rings. The van der Waals surface area contributed by atoms with Crippen LogP contribution in [0.1, 0.15) is 23.2 Å². The van der Waals surface area contributed by atoms with Crippen molar-refractivity contribution in [1.29, 1.82) is 0 Å². The SMILES string of the molecule is CC(Sc1nnc(Cc2cccs2)n1CCc1ccccc1)C(=O)Nc1ncccn1. The maximum absolute atomic E-state index is 12.6. The zero-order valence-corrected chi connectivity index (χ0v) is 18.6. The molecule has 9 heteroatoms. The monoisotopic (exact) mass is 450 g/mol. The van der Waals surface area contributed by atoms with E-state index in [2.05, 4.69) is 53.6 Å². The molecule has 0 spiro atoms. The number of benzene rings is 1. The Labute approximate surface area is 189 Å². The number of thioether (sulfide) groups is 1. The minimum atomic E-state index is -0.377. The molecular formula is C22H22N6OS2. The Morgan fingerprint density at radius 1 is 1.10 bits per heavy atom. The van der Waals surface area contributed by atoms with Gasteiger partial charge in [0.1, 0.15) is 5.82 Å². The van der Waals surface area contributed by atoms with Crippen LogP contribution in [0, 0.1) is 0 Å². The molecule has 158 valence electrons. The lowest BCUT2D eigenvalue weighted by molar-refractivity contribution is -0.115. The summed E-state index contributed by atoms with van der Waals surface area (Å²) in [5.41, 5.74) is 1.25. The van der Waals surface area contributed by atoms with Gasteiger partial charge in [-0.25, -0.2) is 9.97 Å². The van der Waals surface area contributed by atoms with E-state index in [9.17, 15) is 4.79 Å². The molecule has 7 nitrogen and oxygen atoms in total. The third-order valence-corrected chi connectivity index (χ3v) is 6.58. The third kappa shape index (κ3) is 5.77. The van der Waals surface area contributed by atoms with E-state index in [-0.39, 0.29) is 11.2 Å². The first-order valence-corrected chi connectivity index (χ1v) is 11.7. The standard InChI is InChI=1S/C22H22N6OS2/c1-16(20(29)25-21-23-11-6-12-24-21)31-22-27-26-19(15-18-9-5-14-30-18)28(22)13-10-17-7-3-2-4-8-17/h2-9,11-12,14,16H,10,13,15H2,1H3,(H,23,24,25,29). The van der Waals surface area contributed by atoms with Crippen molar-refractivity contribution in [2.75, 3.05) is 5.32 Å². The largest absolute Gasteiger partial charge is 0.305 e. The molecule has 4 aromatic rings. The Morgan fingerprint density at radius 3 is 2.65 bits per heavy atom. The molecule has 0 saturated heterocycles. The number of nitrogens with zero attached hydrogens (tertiary/aromatic N) is 5. The molecule has 1 amide bonds. The molecule has 0 saturated carbocycles. The predicted molar refractivity (Wildman–Crippen MR) is 123 cm³/mol. The van der Waals surface area contributed by atoms with Gasteiger partial charge in [-0.3, -0.25) is 10.1 Å². The van der Waals surface area contributed by atoms with Crippen LogP contribution >= 0.6 is 23.1 Å². The molecular weight excluding hydrogens is 428 g/mol. The number of thiophene rings is 1. The molecule has 31 heavy (non-hydrogen) atoms. The first kappa shape index (κ1) is 21.2. The highest BCUT2D eigenvalue weighted by atomic mass is 32.2. The van der Waals surface area contributed by atoms with Crippen molar-refractivity contribution >= 4 is 35.0 Å². The zero-order valence-electron chi connectivity index (χ0n) is 17.0.